The third-order valence-corrected chi connectivity index (χ3v) is 3.60. The Morgan fingerprint density at radius 2 is 2.21 bits per heavy atom. The van der Waals surface area contributed by atoms with Crippen molar-refractivity contribution in [2.75, 3.05) is 19.1 Å². The van der Waals surface area contributed by atoms with Crippen molar-refractivity contribution < 1.29 is 14.1 Å². The molecule has 19 heavy (non-hydrogen) atoms. The summed E-state index contributed by atoms with van der Waals surface area (Å²) in [6.45, 7) is 1.89. The van der Waals surface area contributed by atoms with E-state index < -0.39 is 16.4 Å². The van der Waals surface area contributed by atoms with Crippen LogP contribution in [0.4, 0.5) is 10.1 Å². The van der Waals surface area contributed by atoms with Gasteiger partial charge in [0.2, 0.25) is 5.82 Å². The molecule has 0 spiro atoms. The number of halogens is 1. The first-order valence-electron chi connectivity index (χ1n) is 5.58. The maximum atomic E-state index is 13.5. The monoisotopic (exact) mass is 286 g/mol. The van der Waals surface area contributed by atoms with Crippen molar-refractivity contribution in [2.24, 2.45) is 0 Å². The molecule has 0 aromatic heterocycles. The molecule has 0 aliphatic carbocycles. The number of hydrogen-bond acceptors (Lipinski definition) is 4. The van der Waals surface area contributed by atoms with E-state index in [9.17, 15) is 19.3 Å². The standard InChI is InChI=1S/C12H15FN2O3S/c1-8(7-19-3)14(2)12(16)9-4-5-11(15(17)18)10(13)6-9/h4-6,8H,7H2,1-3H3. The Morgan fingerprint density at radius 3 is 2.68 bits per heavy atom. The number of thioether (sulfide) groups is 1. The Kier molecular flexibility index (Phi) is 5.29. The fraction of sp³-hybridized carbons (Fsp3) is 0.417. The summed E-state index contributed by atoms with van der Waals surface area (Å²) in [6.07, 6.45) is 1.93. The van der Waals surface area contributed by atoms with Gasteiger partial charge in [0, 0.05) is 30.5 Å². The van der Waals surface area contributed by atoms with E-state index in [0.717, 1.165) is 17.9 Å². The van der Waals surface area contributed by atoms with E-state index in [2.05, 4.69) is 0 Å². The lowest BCUT2D eigenvalue weighted by atomic mass is 10.1. The second-order valence-corrected chi connectivity index (χ2v) is 5.05. The summed E-state index contributed by atoms with van der Waals surface area (Å²) in [5.74, 6) is -0.588. The molecule has 0 heterocycles. The summed E-state index contributed by atoms with van der Waals surface area (Å²) in [5.41, 5.74) is -0.519. The SMILES string of the molecule is CSCC(C)N(C)C(=O)c1ccc([N+](=O)[O-])c(F)c1. The van der Waals surface area contributed by atoms with Crippen LogP contribution in [0.5, 0.6) is 0 Å². The lowest BCUT2D eigenvalue weighted by molar-refractivity contribution is -0.387. The largest absolute Gasteiger partial charge is 0.338 e. The van der Waals surface area contributed by atoms with E-state index in [1.807, 2.05) is 13.2 Å². The van der Waals surface area contributed by atoms with Crippen molar-refractivity contribution in [3.63, 3.8) is 0 Å². The molecule has 0 bridgehead atoms. The minimum Gasteiger partial charge on any atom is -0.338 e. The predicted octanol–water partition coefficient (Wildman–Crippen LogP) is 2.56. The first kappa shape index (κ1) is 15.4. The van der Waals surface area contributed by atoms with Crippen molar-refractivity contribution in [3.8, 4) is 0 Å². The van der Waals surface area contributed by atoms with Gasteiger partial charge in [0.05, 0.1) is 4.92 Å². The predicted molar refractivity (Wildman–Crippen MR) is 73.0 cm³/mol. The highest BCUT2D eigenvalue weighted by molar-refractivity contribution is 7.98. The number of carbonyl (C=O) groups excluding carboxylic acids is 1. The molecule has 1 atom stereocenters. The molecule has 1 aromatic rings. The van der Waals surface area contributed by atoms with Gasteiger partial charge in [-0.3, -0.25) is 14.9 Å². The van der Waals surface area contributed by atoms with Gasteiger partial charge in [-0.2, -0.15) is 16.2 Å². The van der Waals surface area contributed by atoms with Crippen LogP contribution in [0.2, 0.25) is 0 Å². The molecule has 1 unspecified atom stereocenters. The molecule has 0 radical (unpaired) electrons. The molecule has 0 fully saturated rings. The van der Waals surface area contributed by atoms with Gasteiger partial charge in [-0.05, 0) is 25.3 Å². The molecule has 1 rings (SSSR count). The van der Waals surface area contributed by atoms with Crippen LogP contribution in [0.25, 0.3) is 0 Å². The van der Waals surface area contributed by atoms with E-state index in [0.29, 0.717) is 0 Å². The number of benzene rings is 1. The average Bonchev–Trinajstić information content (AvgIpc) is 2.36. The first-order chi connectivity index (χ1) is 8.88. The third-order valence-electron chi connectivity index (χ3n) is 2.78. The molecule has 0 aliphatic heterocycles. The number of nitro groups is 1. The Bertz CT molecular complexity index is 496. The summed E-state index contributed by atoms with van der Waals surface area (Å²) < 4.78 is 13.5. The normalized spacial score (nSPS) is 12.0. The van der Waals surface area contributed by atoms with Gasteiger partial charge in [-0.15, -0.1) is 0 Å². The van der Waals surface area contributed by atoms with Gasteiger partial charge in [-0.25, -0.2) is 0 Å². The molecule has 1 aromatic carbocycles. The van der Waals surface area contributed by atoms with Gasteiger partial charge in [0.1, 0.15) is 0 Å². The molecule has 0 aliphatic rings. The minimum atomic E-state index is -0.998. The second-order valence-electron chi connectivity index (χ2n) is 4.14. The van der Waals surface area contributed by atoms with Crippen molar-refractivity contribution in [2.45, 2.75) is 13.0 Å². The number of nitro benzene ring substituents is 1. The second kappa shape index (κ2) is 6.51. The molecule has 7 heteroatoms. The van der Waals surface area contributed by atoms with Crippen LogP contribution in [-0.2, 0) is 0 Å². The number of carbonyl (C=O) groups is 1. The Morgan fingerprint density at radius 1 is 1.58 bits per heavy atom. The molecular formula is C12H15FN2O3S. The van der Waals surface area contributed by atoms with Gasteiger partial charge in [0.25, 0.3) is 5.91 Å². The van der Waals surface area contributed by atoms with Gasteiger partial charge in [0.15, 0.2) is 0 Å². The highest BCUT2D eigenvalue weighted by Gasteiger charge is 2.21. The van der Waals surface area contributed by atoms with Crippen molar-refractivity contribution >= 4 is 23.4 Å². The molecule has 0 saturated heterocycles. The Balaban J connectivity index is 2.95. The molecule has 1 amide bonds. The molecule has 5 nitrogen and oxygen atoms in total. The summed E-state index contributed by atoms with van der Waals surface area (Å²) in [6, 6.07) is 3.19. The third kappa shape index (κ3) is 3.66. The highest BCUT2D eigenvalue weighted by atomic mass is 32.2. The van der Waals surface area contributed by atoms with Gasteiger partial charge in [-0.1, -0.05) is 0 Å². The molecule has 0 N–H and O–H groups in total. The van der Waals surface area contributed by atoms with Gasteiger partial charge < -0.3 is 4.90 Å². The average molecular weight is 286 g/mol. The van der Waals surface area contributed by atoms with Gasteiger partial charge >= 0.3 is 5.69 Å². The van der Waals surface area contributed by atoms with Crippen LogP contribution >= 0.6 is 11.8 Å². The van der Waals surface area contributed by atoms with Crippen LogP contribution in [0.1, 0.15) is 17.3 Å². The van der Waals surface area contributed by atoms with E-state index in [1.165, 1.54) is 11.0 Å². The molecule has 0 saturated carbocycles. The molecule has 104 valence electrons. The van der Waals surface area contributed by atoms with E-state index >= 15 is 0 Å². The number of hydrogen-bond donors (Lipinski definition) is 0. The van der Waals surface area contributed by atoms with Crippen LogP contribution in [-0.4, -0.2) is 40.8 Å². The quantitative estimate of drug-likeness (QED) is 0.616. The maximum Gasteiger partial charge on any atom is 0.304 e. The van der Waals surface area contributed by atoms with Crippen molar-refractivity contribution in [1.29, 1.82) is 0 Å². The Hall–Kier alpha value is -1.63. The van der Waals surface area contributed by atoms with E-state index in [-0.39, 0.29) is 17.5 Å². The smallest absolute Gasteiger partial charge is 0.304 e. The Labute approximate surface area is 114 Å². The van der Waals surface area contributed by atoms with E-state index in [4.69, 9.17) is 0 Å². The lowest BCUT2D eigenvalue weighted by Gasteiger charge is -2.24. The van der Waals surface area contributed by atoms with Crippen molar-refractivity contribution in [1.82, 2.24) is 4.90 Å². The summed E-state index contributed by atoms with van der Waals surface area (Å²) >= 11 is 1.60. The maximum absolute atomic E-state index is 13.5. The summed E-state index contributed by atoms with van der Waals surface area (Å²) in [5, 5.41) is 10.5. The van der Waals surface area contributed by atoms with Crippen LogP contribution in [0.3, 0.4) is 0 Å². The number of rotatable bonds is 5. The van der Waals surface area contributed by atoms with Crippen molar-refractivity contribution in [3.05, 3.63) is 39.7 Å². The fourth-order valence-corrected chi connectivity index (χ4v) is 2.25. The van der Waals surface area contributed by atoms with Crippen LogP contribution in [0.15, 0.2) is 18.2 Å². The highest BCUT2D eigenvalue weighted by Crippen LogP contribution is 2.19. The zero-order chi connectivity index (χ0) is 14.6. The zero-order valence-electron chi connectivity index (χ0n) is 10.9. The zero-order valence-corrected chi connectivity index (χ0v) is 11.7. The number of nitrogens with zero attached hydrogens (tertiary/aromatic N) is 2. The number of amides is 1. The summed E-state index contributed by atoms with van der Waals surface area (Å²) in [7, 11) is 1.63. The lowest BCUT2D eigenvalue weighted by Crippen LogP contribution is -2.36. The minimum absolute atomic E-state index is 0.000697. The van der Waals surface area contributed by atoms with Crippen LogP contribution < -0.4 is 0 Å². The molecular weight excluding hydrogens is 271 g/mol. The van der Waals surface area contributed by atoms with E-state index in [1.54, 1.807) is 18.8 Å². The summed E-state index contributed by atoms with van der Waals surface area (Å²) in [4.78, 5) is 23.3. The first-order valence-corrected chi connectivity index (χ1v) is 6.98. The topological polar surface area (TPSA) is 63.5 Å². The van der Waals surface area contributed by atoms with Crippen LogP contribution in [0, 0.1) is 15.9 Å². The fourth-order valence-electron chi connectivity index (χ4n) is 1.54.